The standard InChI is InChI=1S/C22H35N3O3/c1-17(2)12-23-22(27)20-11-19(14-24-7-9-28-10-8-24)15-25(16-20)13-18-3-5-21(26)6-4-18/h3-6,17,19-20,26H,7-16H2,1-2H3,(H,23,27)/t19-,20-/m1/s1. The topological polar surface area (TPSA) is 65.0 Å². The van der Waals surface area contributed by atoms with E-state index in [-0.39, 0.29) is 11.8 Å². The summed E-state index contributed by atoms with van der Waals surface area (Å²) in [5.74, 6) is 1.47. The van der Waals surface area contributed by atoms with Crippen LogP contribution >= 0.6 is 0 Å². The number of phenolic OH excluding ortho intramolecular Hbond substituents is 1. The van der Waals surface area contributed by atoms with Crippen LogP contribution in [0.5, 0.6) is 5.75 Å². The summed E-state index contributed by atoms with van der Waals surface area (Å²) < 4.78 is 5.48. The van der Waals surface area contributed by atoms with Crippen molar-refractivity contribution in [1.82, 2.24) is 15.1 Å². The molecule has 2 fully saturated rings. The predicted molar refractivity (Wildman–Crippen MR) is 110 cm³/mol. The van der Waals surface area contributed by atoms with E-state index in [1.54, 1.807) is 12.1 Å². The number of carbonyl (C=O) groups excluding carboxylic acids is 1. The molecular formula is C22H35N3O3. The number of morpholine rings is 1. The van der Waals surface area contributed by atoms with Gasteiger partial charge in [0, 0.05) is 45.8 Å². The molecule has 6 heteroatoms. The van der Waals surface area contributed by atoms with Crippen molar-refractivity contribution in [1.29, 1.82) is 0 Å². The van der Waals surface area contributed by atoms with Crippen LogP contribution in [0.4, 0.5) is 0 Å². The van der Waals surface area contributed by atoms with Crippen molar-refractivity contribution in [2.24, 2.45) is 17.8 Å². The van der Waals surface area contributed by atoms with Gasteiger partial charge >= 0.3 is 0 Å². The van der Waals surface area contributed by atoms with Gasteiger partial charge in [-0.2, -0.15) is 0 Å². The SMILES string of the molecule is CC(C)CNC(=O)[C@@H]1C[C@H](CN2CCOCC2)CN(Cc2ccc(O)cc2)C1. The molecule has 0 radical (unpaired) electrons. The van der Waals surface area contributed by atoms with Crippen LogP contribution in [0.3, 0.4) is 0 Å². The minimum absolute atomic E-state index is 0.0376. The number of hydrogen-bond acceptors (Lipinski definition) is 5. The fourth-order valence-corrected chi connectivity index (χ4v) is 4.21. The maximum absolute atomic E-state index is 12.8. The van der Waals surface area contributed by atoms with Gasteiger partial charge in [0.25, 0.3) is 0 Å². The fourth-order valence-electron chi connectivity index (χ4n) is 4.21. The molecule has 2 saturated heterocycles. The molecule has 0 aliphatic carbocycles. The number of likely N-dealkylation sites (tertiary alicyclic amines) is 1. The smallest absolute Gasteiger partial charge is 0.224 e. The number of ether oxygens (including phenoxy) is 1. The zero-order chi connectivity index (χ0) is 19.9. The molecule has 1 aromatic rings. The molecule has 0 unspecified atom stereocenters. The van der Waals surface area contributed by atoms with E-state index in [4.69, 9.17) is 4.74 Å². The van der Waals surface area contributed by atoms with E-state index in [1.165, 1.54) is 5.56 Å². The van der Waals surface area contributed by atoms with Crippen LogP contribution in [0.2, 0.25) is 0 Å². The first-order valence-corrected chi connectivity index (χ1v) is 10.6. The third-order valence-electron chi connectivity index (χ3n) is 5.63. The highest BCUT2D eigenvalue weighted by molar-refractivity contribution is 5.79. The number of amides is 1. The highest BCUT2D eigenvalue weighted by Gasteiger charge is 2.32. The minimum atomic E-state index is 0.0376. The summed E-state index contributed by atoms with van der Waals surface area (Å²) in [6.07, 6.45) is 0.952. The number of phenols is 1. The molecule has 28 heavy (non-hydrogen) atoms. The summed E-state index contributed by atoms with van der Waals surface area (Å²) >= 11 is 0. The summed E-state index contributed by atoms with van der Waals surface area (Å²) in [7, 11) is 0. The molecule has 2 N–H and O–H groups in total. The number of benzene rings is 1. The molecule has 156 valence electrons. The lowest BCUT2D eigenvalue weighted by atomic mass is 9.87. The van der Waals surface area contributed by atoms with Gasteiger partial charge in [0.1, 0.15) is 5.75 Å². The summed E-state index contributed by atoms with van der Waals surface area (Å²) in [5, 5.41) is 12.7. The number of aromatic hydroxyl groups is 1. The number of nitrogens with zero attached hydrogens (tertiary/aromatic N) is 2. The van der Waals surface area contributed by atoms with Crippen LogP contribution in [0.25, 0.3) is 0 Å². The zero-order valence-electron chi connectivity index (χ0n) is 17.3. The Labute approximate surface area is 168 Å². The summed E-state index contributed by atoms with van der Waals surface area (Å²) in [5.41, 5.74) is 1.17. The van der Waals surface area contributed by atoms with Crippen molar-refractivity contribution in [3.05, 3.63) is 29.8 Å². The lowest BCUT2D eigenvalue weighted by Crippen LogP contribution is -2.50. The molecule has 0 spiro atoms. The van der Waals surface area contributed by atoms with Crippen LogP contribution < -0.4 is 5.32 Å². The van der Waals surface area contributed by atoms with Gasteiger partial charge in [-0.1, -0.05) is 26.0 Å². The quantitative estimate of drug-likeness (QED) is 0.746. The van der Waals surface area contributed by atoms with Gasteiger partial charge in [-0.25, -0.2) is 0 Å². The molecule has 2 heterocycles. The first-order chi connectivity index (χ1) is 13.5. The second-order valence-electron chi connectivity index (χ2n) is 8.71. The van der Waals surface area contributed by atoms with E-state index in [9.17, 15) is 9.90 Å². The second-order valence-corrected chi connectivity index (χ2v) is 8.71. The summed E-state index contributed by atoms with van der Waals surface area (Å²) in [6, 6.07) is 7.40. The van der Waals surface area contributed by atoms with Gasteiger partial charge in [-0.15, -0.1) is 0 Å². The Kier molecular flexibility index (Phi) is 7.71. The van der Waals surface area contributed by atoms with Crippen molar-refractivity contribution in [3.63, 3.8) is 0 Å². The number of carbonyl (C=O) groups is 1. The Morgan fingerprint density at radius 3 is 2.57 bits per heavy atom. The highest BCUT2D eigenvalue weighted by atomic mass is 16.5. The summed E-state index contributed by atoms with van der Waals surface area (Å²) in [6.45, 7) is 12.2. The highest BCUT2D eigenvalue weighted by Crippen LogP contribution is 2.25. The van der Waals surface area contributed by atoms with E-state index in [0.29, 0.717) is 17.6 Å². The minimum Gasteiger partial charge on any atom is -0.508 e. The maximum atomic E-state index is 12.8. The molecule has 1 amide bonds. The van der Waals surface area contributed by atoms with Crippen LogP contribution in [0.15, 0.2) is 24.3 Å². The molecule has 2 aliphatic rings. The molecular weight excluding hydrogens is 354 g/mol. The van der Waals surface area contributed by atoms with Crippen molar-refractivity contribution >= 4 is 5.91 Å². The van der Waals surface area contributed by atoms with Crippen LogP contribution in [-0.4, -0.2) is 73.3 Å². The van der Waals surface area contributed by atoms with E-state index in [0.717, 1.165) is 65.4 Å². The van der Waals surface area contributed by atoms with E-state index >= 15 is 0 Å². The lowest BCUT2D eigenvalue weighted by Gasteiger charge is -2.40. The Morgan fingerprint density at radius 2 is 1.89 bits per heavy atom. The van der Waals surface area contributed by atoms with Crippen LogP contribution in [0.1, 0.15) is 25.8 Å². The largest absolute Gasteiger partial charge is 0.508 e. The molecule has 0 saturated carbocycles. The van der Waals surface area contributed by atoms with Crippen molar-refractivity contribution in [2.45, 2.75) is 26.8 Å². The van der Waals surface area contributed by atoms with Gasteiger partial charge in [0.2, 0.25) is 5.91 Å². The van der Waals surface area contributed by atoms with E-state index in [1.807, 2.05) is 12.1 Å². The average Bonchev–Trinajstić information content (AvgIpc) is 2.68. The van der Waals surface area contributed by atoms with Crippen LogP contribution in [0, 0.1) is 17.8 Å². The zero-order valence-corrected chi connectivity index (χ0v) is 17.3. The molecule has 2 aliphatic heterocycles. The average molecular weight is 390 g/mol. The lowest BCUT2D eigenvalue weighted by molar-refractivity contribution is -0.128. The number of nitrogens with one attached hydrogen (secondary N) is 1. The first kappa shape index (κ1) is 21.1. The van der Waals surface area contributed by atoms with Gasteiger partial charge in [0.05, 0.1) is 19.1 Å². The Balaban J connectivity index is 1.63. The van der Waals surface area contributed by atoms with Gasteiger partial charge in [0.15, 0.2) is 0 Å². The molecule has 0 aromatic heterocycles. The van der Waals surface area contributed by atoms with Gasteiger partial charge in [-0.3, -0.25) is 14.6 Å². The summed E-state index contributed by atoms with van der Waals surface area (Å²) in [4.78, 5) is 17.7. The van der Waals surface area contributed by atoms with Gasteiger partial charge in [-0.05, 0) is 36.0 Å². The second kappa shape index (κ2) is 10.2. The predicted octanol–water partition coefficient (Wildman–Crippen LogP) is 1.93. The molecule has 2 atom stereocenters. The third-order valence-corrected chi connectivity index (χ3v) is 5.63. The molecule has 1 aromatic carbocycles. The first-order valence-electron chi connectivity index (χ1n) is 10.6. The number of rotatable bonds is 7. The van der Waals surface area contributed by atoms with Gasteiger partial charge < -0.3 is 15.2 Å². The number of piperidine rings is 1. The Bertz CT molecular complexity index is 614. The van der Waals surface area contributed by atoms with E-state index < -0.39 is 0 Å². The maximum Gasteiger partial charge on any atom is 0.224 e. The van der Waals surface area contributed by atoms with E-state index in [2.05, 4.69) is 29.0 Å². The number of hydrogen-bond donors (Lipinski definition) is 2. The third kappa shape index (κ3) is 6.47. The monoisotopic (exact) mass is 389 g/mol. The van der Waals surface area contributed by atoms with Crippen molar-refractivity contribution in [3.8, 4) is 5.75 Å². The Hall–Kier alpha value is -1.63. The molecule has 6 nitrogen and oxygen atoms in total. The molecule has 0 bridgehead atoms. The van der Waals surface area contributed by atoms with Crippen LogP contribution in [-0.2, 0) is 16.1 Å². The normalized spacial score (nSPS) is 24.4. The molecule has 3 rings (SSSR count). The fraction of sp³-hybridized carbons (Fsp3) is 0.682. The Morgan fingerprint density at radius 1 is 1.18 bits per heavy atom. The van der Waals surface area contributed by atoms with Crippen molar-refractivity contribution < 1.29 is 14.6 Å². The van der Waals surface area contributed by atoms with Crippen molar-refractivity contribution in [2.75, 3.05) is 52.5 Å².